The van der Waals surface area contributed by atoms with Gasteiger partial charge in [-0.25, -0.2) is 9.37 Å². The molecule has 0 fully saturated rings. The molecule has 0 aliphatic carbocycles. The summed E-state index contributed by atoms with van der Waals surface area (Å²) in [5, 5.41) is 10.4. The van der Waals surface area contributed by atoms with Gasteiger partial charge in [-0.15, -0.1) is 0 Å². The van der Waals surface area contributed by atoms with Crippen molar-refractivity contribution in [1.29, 1.82) is 0 Å². The van der Waals surface area contributed by atoms with Crippen LogP contribution in [0.1, 0.15) is 23.6 Å². The summed E-state index contributed by atoms with van der Waals surface area (Å²) in [4.78, 5) is 7.16. The molecule has 0 amide bonds. The fourth-order valence-corrected chi connectivity index (χ4v) is 2.69. The fourth-order valence-electron chi connectivity index (χ4n) is 1.70. The Hall–Kier alpha value is -1.46. The first-order valence-corrected chi connectivity index (χ1v) is 6.45. The fraction of sp³-hybridized carbons (Fsp3) is 0.308. The van der Waals surface area contributed by atoms with E-state index < -0.39 is 6.10 Å². The first-order chi connectivity index (χ1) is 8.49. The second-order valence-electron chi connectivity index (χ2n) is 4.16. The van der Waals surface area contributed by atoms with Crippen LogP contribution in [-0.2, 0) is 0 Å². The number of thiazole rings is 1. The van der Waals surface area contributed by atoms with E-state index in [1.165, 1.54) is 23.5 Å². The quantitative estimate of drug-likeness (QED) is 0.924. The van der Waals surface area contributed by atoms with E-state index in [9.17, 15) is 9.50 Å². The molecule has 1 atom stereocenters. The van der Waals surface area contributed by atoms with Crippen LogP contribution >= 0.6 is 11.3 Å². The highest BCUT2D eigenvalue weighted by Crippen LogP contribution is 2.33. The number of nitrogens with zero attached hydrogens (tertiary/aromatic N) is 2. The molecule has 1 heterocycles. The van der Waals surface area contributed by atoms with E-state index >= 15 is 0 Å². The van der Waals surface area contributed by atoms with Crippen LogP contribution in [0.3, 0.4) is 0 Å². The molecule has 96 valence electrons. The molecule has 1 N–H and O–H groups in total. The van der Waals surface area contributed by atoms with E-state index in [1.807, 2.05) is 18.9 Å². The third-order valence-corrected chi connectivity index (χ3v) is 4.11. The summed E-state index contributed by atoms with van der Waals surface area (Å²) in [6.07, 6.45) is -0.516. The van der Waals surface area contributed by atoms with Gasteiger partial charge >= 0.3 is 0 Å². The molecule has 18 heavy (non-hydrogen) atoms. The predicted octanol–water partition coefficient (Wildman–Crippen LogP) is 3.41. The summed E-state index contributed by atoms with van der Waals surface area (Å²) >= 11 is 1.45. The molecule has 1 unspecified atom stereocenters. The highest BCUT2D eigenvalue weighted by atomic mass is 32.1. The van der Waals surface area contributed by atoms with Crippen LogP contribution in [-0.4, -0.2) is 17.1 Å². The lowest BCUT2D eigenvalue weighted by Crippen LogP contribution is -2.08. The van der Waals surface area contributed by atoms with E-state index in [-0.39, 0.29) is 5.82 Å². The van der Waals surface area contributed by atoms with E-state index in [1.54, 1.807) is 19.1 Å². The van der Waals surface area contributed by atoms with Crippen molar-refractivity contribution in [2.45, 2.75) is 20.0 Å². The summed E-state index contributed by atoms with van der Waals surface area (Å²) in [6, 6.07) is 6.24. The lowest BCUT2D eigenvalue weighted by atomic mass is 10.3. The SMILES string of the molecule is Cc1nc(N(C)c2ccc(F)cc2)sc1C(C)O. The number of aromatic nitrogens is 1. The molecular weight excluding hydrogens is 251 g/mol. The lowest BCUT2D eigenvalue weighted by molar-refractivity contribution is 0.202. The number of rotatable bonds is 3. The van der Waals surface area contributed by atoms with Crippen LogP contribution in [0.15, 0.2) is 24.3 Å². The minimum atomic E-state index is -0.516. The normalized spacial score (nSPS) is 12.5. The van der Waals surface area contributed by atoms with E-state index in [0.717, 1.165) is 21.4 Å². The average molecular weight is 266 g/mol. The number of halogens is 1. The molecule has 0 aliphatic rings. The Bertz CT molecular complexity index is 536. The third kappa shape index (κ3) is 2.52. The molecule has 1 aromatic heterocycles. The Morgan fingerprint density at radius 3 is 2.44 bits per heavy atom. The zero-order valence-electron chi connectivity index (χ0n) is 10.5. The third-order valence-electron chi connectivity index (χ3n) is 2.70. The maximum Gasteiger partial charge on any atom is 0.190 e. The van der Waals surface area contributed by atoms with Crippen molar-refractivity contribution in [3.8, 4) is 0 Å². The van der Waals surface area contributed by atoms with Gasteiger partial charge in [0.05, 0.1) is 16.7 Å². The van der Waals surface area contributed by atoms with Crippen LogP contribution in [0.25, 0.3) is 0 Å². The summed E-state index contributed by atoms with van der Waals surface area (Å²) in [7, 11) is 1.87. The minimum absolute atomic E-state index is 0.257. The Balaban J connectivity index is 2.31. The highest BCUT2D eigenvalue weighted by Gasteiger charge is 2.15. The number of aryl methyl sites for hydroxylation is 1. The van der Waals surface area contributed by atoms with Crippen LogP contribution in [0, 0.1) is 12.7 Å². The second-order valence-corrected chi connectivity index (χ2v) is 5.17. The maximum atomic E-state index is 12.9. The molecule has 5 heteroatoms. The van der Waals surface area contributed by atoms with Crippen LogP contribution in [0.4, 0.5) is 15.2 Å². The Labute approximate surface area is 110 Å². The molecular formula is C13H15FN2OS. The van der Waals surface area contributed by atoms with Gasteiger partial charge in [0.2, 0.25) is 0 Å². The van der Waals surface area contributed by atoms with Crippen LogP contribution in [0.5, 0.6) is 0 Å². The van der Waals surface area contributed by atoms with E-state index in [2.05, 4.69) is 4.98 Å². The van der Waals surface area contributed by atoms with E-state index in [4.69, 9.17) is 0 Å². The number of aliphatic hydroxyl groups is 1. The zero-order chi connectivity index (χ0) is 13.3. The minimum Gasteiger partial charge on any atom is -0.388 e. The van der Waals surface area contributed by atoms with Crippen molar-refractivity contribution < 1.29 is 9.50 Å². The van der Waals surface area contributed by atoms with Gasteiger partial charge in [-0.3, -0.25) is 0 Å². The van der Waals surface area contributed by atoms with Gasteiger partial charge in [-0.05, 0) is 38.1 Å². The monoisotopic (exact) mass is 266 g/mol. The zero-order valence-corrected chi connectivity index (χ0v) is 11.3. The Kier molecular flexibility index (Phi) is 3.63. The topological polar surface area (TPSA) is 36.4 Å². The first-order valence-electron chi connectivity index (χ1n) is 5.63. The van der Waals surface area contributed by atoms with Gasteiger partial charge < -0.3 is 10.0 Å². The Morgan fingerprint density at radius 1 is 1.33 bits per heavy atom. The molecule has 0 bridgehead atoms. The number of benzene rings is 1. The van der Waals surface area contributed by atoms with Crippen molar-refractivity contribution in [2.24, 2.45) is 0 Å². The smallest absolute Gasteiger partial charge is 0.190 e. The Morgan fingerprint density at radius 2 is 1.94 bits per heavy atom. The lowest BCUT2D eigenvalue weighted by Gasteiger charge is -2.15. The van der Waals surface area contributed by atoms with Crippen molar-refractivity contribution in [3.05, 3.63) is 40.7 Å². The molecule has 0 saturated heterocycles. The molecule has 0 spiro atoms. The van der Waals surface area contributed by atoms with Crippen molar-refractivity contribution in [2.75, 3.05) is 11.9 Å². The maximum absolute atomic E-state index is 12.9. The van der Waals surface area contributed by atoms with Crippen LogP contribution < -0.4 is 4.90 Å². The van der Waals surface area contributed by atoms with Crippen LogP contribution in [0.2, 0.25) is 0 Å². The number of hydrogen-bond donors (Lipinski definition) is 1. The second kappa shape index (κ2) is 5.04. The molecule has 0 aliphatic heterocycles. The number of anilines is 2. The molecule has 0 radical (unpaired) electrons. The van der Waals surface area contributed by atoms with Gasteiger partial charge in [-0.1, -0.05) is 11.3 Å². The average Bonchev–Trinajstić information content (AvgIpc) is 2.71. The first kappa shape index (κ1) is 13.0. The molecule has 0 saturated carbocycles. The standard InChI is InChI=1S/C13H15FN2OS/c1-8-12(9(2)17)18-13(15-8)16(3)11-6-4-10(14)5-7-11/h4-7,9,17H,1-3H3. The van der Waals surface area contributed by atoms with E-state index in [0.29, 0.717) is 0 Å². The summed E-state index contributed by atoms with van der Waals surface area (Å²) in [5.74, 6) is -0.257. The predicted molar refractivity (Wildman–Crippen MR) is 71.9 cm³/mol. The number of aliphatic hydroxyl groups excluding tert-OH is 1. The highest BCUT2D eigenvalue weighted by molar-refractivity contribution is 7.15. The van der Waals surface area contributed by atoms with Gasteiger partial charge in [0.1, 0.15) is 5.82 Å². The van der Waals surface area contributed by atoms with Gasteiger partial charge in [0, 0.05) is 12.7 Å². The largest absolute Gasteiger partial charge is 0.388 e. The van der Waals surface area contributed by atoms with Crippen molar-refractivity contribution in [1.82, 2.24) is 4.98 Å². The van der Waals surface area contributed by atoms with Crippen molar-refractivity contribution in [3.63, 3.8) is 0 Å². The molecule has 1 aromatic carbocycles. The number of hydrogen-bond acceptors (Lipinski definition) is 4. The van der Waals surface area contributed by atoms with Gasteiger partial charge in [-0.2, -0.15) is 0 Å². The molecule has 2 rings (SSSR count). The summed E-state index contributed by atoms with van der Waals surface area (Å²) < 4.78 is 12.9. The molecule has 3 nitrogen and oxygen atoms in total. The van der Waals surface area contributed by atoms with Gasteiger partial charge in [0.15, 0.2) is 5.13 Å². The van der Waals surface area contributed by atoms with Crippen molar-refractivity contribution >= 4 is 22.2 Å². The molecule has 2 aromatic rings. The summed E-state index contributed by atoms with van der Waals surface area (Å²) in [5.41, 5.74) is 1.70. The van der Waals surface area contributed by atoms with Gasteiger partial charge in [0.25, 0.3) is 0 Å². The summed E-state index contributed by atoms with van der Waals surface area (Å²) in [6.45, 7) is 3.60.